The second-order valence-corrected chi connectivity index (χ2v) is 6.94. The van der Waals surface area contributed by atoms with Crippen LogP contribution >= 0.6 is 0 Å². The first kappa shape index (κ1) is 19.4. The number of aromatic nitrogens is 1. The maximum absolute atomic E-state index is 13.2. The zero-order valence-electron chi connectivity index (χ0n) is 16.5. The minimum absolute atomic E-state index is 0.0723. The Kier molecular flexibility index (Phi) is 5.61. The van der Waals surface area contributed by atoms with Crippen molar-refractivity contribution in [1.82, 2.24) is 15.2 Å². The van der Waals surface area contributed by atoms with Crippen molar-refractivity contribution in [2.45, 2.75) is 12.7 Å². The van der Waals surface area contributed by atoms with Gasteiger partial charge in [0.1, 0.15) is 18.5 Å². The molecule has 0 saturated heterocycles. The number of hydrogen-bond acceptors (Lipinski definition) is 5. The van der Waals surface area contributed by atoms with E-state index in [0.29, 0.717) is 12.1 Å². The van der Waals surface area contributed by atoms with Crippen LogP contribution in [0.15, 0.2) is 73.1 Å². The van der Waals surface area contributed by atoms with Gasteiger partial charge in [0.15, 0.2) is 0 Å². The number of benzene rings is 2. The van der Waals surface area contributed by atoms with Crippen molar-refractivity contribution in [3.8, 4) is 5.75 Å². The van der Waals surface area contributed by atoms with Gasteiger partial charge in [-0.25, -0.2) is 0 Å². The quantitative estimate of drug-likeness (QED) is 0.662. The van der Waals surface area contributed by atoms with Crippen LogP contribution in [-0.2, 0) is 11.3 Å². The maximum Gasteiger partial charge on any atom is 0.258 e. The summed E-state index contributed by atoms with van der Waals surface area (Å²) in [5, 5.41) is 6.25. The van der Waals surface area contributed by atoms with E-state index in [-0.39, 0.29) is 18.4 Å². The number of methoxy groups -OCH3 is 1. The number of fused-ring (bicyclic) bond motifs is 1. The molecule has 0 radical (unpaired) electrons. The molecular weight excluding hydrogens is 380 g/mol. The van der Waals surface area contributed by atoms with Gasteiger partial charge in [-0.3, -0.25) is 14.6 Å². The van der Waals surface area contributed by atoms with E-state index < -0.39 is 6.17 Å². The summed E-state index contributed by atoms with van der Waals surface area (Å²) in [6, 6.07) is 18.5. The van der Waals surface area contributed by atoms with E-state index in [4.69, 9.17) is 4.74 Å². The van der Waals surface area contributed by atoms with Crippen molar-refractivity contribution in [2.24, 2.45) is 0 Å². The fraction of sp³-hybridized carbons (Fsp3) is 0.174. The number of hydrogen-bond donors (Lipinski definition) is 2. The maximum atomic E-state index is 13.2. The number of carbonyl (C=O) groups is 2. The standard InChI is InChI=1S/C23H22N4O3/c1-30-18-10-8-17(9-11-18)22-26-20-7-3-2-6-19(20)23(29)27(22)15-21(28)25-14-16-5-4-12-24-13-16/h2-13,22,26H,14-15H2,1H3,(H,25,28)/t22-/m1/s1. The number of anilines is 1. The fourth-order valence-corrected chi connectivity index (χ4v) is 3.42. The first-order chi connectivity index (χ1) is 14.7. The van der Waals surface area contributed by atoms with Gasteiger partial charge in [0.2, 0.25) is 5.91 Å². The topological polar surface area (TPSA) is 83.6 Å². The van der Waals surface area contributed by atoms with Crippen LogP contribution < -0.4 is 15.4 Å². The van der Waals surface area contributed by atoms with Gasteiger partial charge in [0, 0.05) is 24.6 Å². The molecule has 0 saturated carbocycles. The van der Waals surface area contributed by atoms with E-state index in [2.05, 4.69) is 15.6 Å². The Morgan fingerprint density at radius 2 is 1.93 bits per heavy atom. The third-order valence-electron chi connectivity index (χ3n) is 4.98. The Morgan fingerprint density at radius 1 is 1.13 bits per heavy atom. The first-order valence-corrected chi connectivity index (χ1v) is 9.62. The molecule has 3 aromatic rings. The number of para-hydroxylation sites is 1. The van der Waals surface area contributed by atoms with Gasteiger partial charge in [-0.05, 0) is 41.5 Å². The van der Waals surface area contributed by atoms with Crippen molar-refractivity contribution in [1.29, 1.82) is 0 Å². The van der Waals surface area contributed by atoms with Crippen LogP contribution in [0.2, 0.25) is 0 Å². The van der Waals surface area contributed by atoms with E-state index in [1.54, 1.807) is 30.5 Å². The van der Waals surface area contributed by atoms with E-state index in [0.717, 1.165) is 22.6 Å². The average Bonchev–Trinajstić information content (AvgIpc) is 2.80. The monoisotopic (exact) mass is 402 g/mol. The highest BCUT2D eigenvalue weighted by atomic mass is 16.5. The summed E-state index contributed by atoms with van der Waals surface area (Å²) < 4.78 is 5.23. The Balaban J connectivity index is 1.56. The van der Waals surface area contributed by atoms with E-state index >= 15 is 0 Å². The van der Waals surface area contributed by atoms with Gasteiger partial charge in [0.25, 0.3) is 5.91 Å². The molecule has 1 aliphatic heterocycles. The lowest BCUT2D eigenvalue weighted by Gasteiger charge is -2.37. The lowest BCUT2D eigenvalue weighted by molar-refractivity contribution is -0.122. The molecule has 0 unspecified atom stereocenters. The smallest absolute Gasteiger partial charge is 0.258 e. The van der Waals surface area contributed by atoms with Crippen molar-refractivity contribution in [3.05, 3.63) is 89.7 Å². The molecule has 152 valence electrons. The predicted octanol–water partition coefficient (Wildman–Crippen LogP) is 2.97. The summed E-state index contributed by atoms with van der Waals surface area (Å²) >= 11 is 0. The highest BCUT2D eigenvalue weighted by Crippen LogP contribution is 2.33. The van der Waals surface area contributed by atoms with Gasteiger partial charge in [-0.2, -0.15) is 0 Å². The third-order valence-corrected chi connectivity index (χ3v) is 4.98. The van der Waals surface area contributed by atoms with Crippen molar-refractivity contribution in [2.75, 3.05) is 19.0 Å². The number of nitrogens with one attached hydrogen (secondary N) is 2. The van der Waals surface area contributed by atoms with Crippen molar-refractivity contribution in [3.63, 3.8) is 0 Å². The molecule has 0 spiro atoms. The van der Waals surface area contributed by atoms with E-state index in [1.807, 2.05) is 54.6 Å². The molecule has 2 amide bonds. The van der Waals surface area contributed by atoms with Crippen LogP contribution in [0.5, 0.6) is 5.75 Å². The van der Waals surface area contributed by atoms with E-state index in [1.165, 1.54) is 0 Å². The molecule has 1 atom stereocenters. The number of nitrogens with zero attached hydrogens (tertiary/aromatic N) is 2. The zero-order chi connectivity index (χ0) is 20.9. The molecule has 2 heterocycles. The number of pyridine rings is 1. The Labute approximate surface area is 174 Å². The molecule has 2 aromatic carbocycles. The lowest BCUT2D eigenvalue weighted by Crippen LogP contribution is -2.47. The lowest BCUT2D eigenvalue weighted by atomic mass is 10.0. The molecule has 7 nitrogen and oxygen atoms in total. The van der Waals surface area contributed by atoms with Crippen LogP contribution in [-0.4, -0.2) is 35.4 Å². The molecule has 0 aliphatic carbocycles. The second-order valence-electron chi connectivity index (χ2n) is 6.94. The highest BCUT2D eigenvalue weighted by Gasteiger charge is 2.34. The zero-order valence-corrected chi connectivity index (χ0v) is 16.5. The predicted molar refractivity (Wildman–Crippen MR) is 113 cm³/mol. The Hall–Kier alpha value is -3.87. The van der Waals surface area contributed by atoms with Gasteiger partial charge < -0.3 is 20.3 Å². The summed E-state index contributed by atoms with van der Waals surface area (Å²) in [5.41, 5.74) is 3.04. The van der Waals surface area contributed by atoms with Crippen LogP contribution in [0, 0.1) is 0 Å². The molecule has 0 bridgehead atoms. The normalized spacial score (nSPS) is 15.2. The molecule has 4 rings (SSSR count). The minimum atomic E-state index is -0.470. The number of rotatable bonds is 6. The average molecular weight is 402 g/mol. The summed E-state index contributed by atoms with van der Waals surface area (Å²) in [6.07, 6.45) is 2.91. The fourth-order valence-electron chi connectivity index (χ4n) is 3.42. The van der Waals surface area contributed by atoms with E-state index in [9.17, 15) is 9.59 Å². The molecule has 1 aromatic heterocycles. The minimum Gasteiger partial charge on any atom is -0.497 e. The number of amides is 2. The van der Waals surface area contributed by atoms with Gasteiger partial charge in [-0.1, -0.05) is 30.3 Å². The van der Waals surface area contributed by atoms with Crippen LogP contribution in [0.4, 0.5) is 5.69 Å². The van der Waals surface area contributed by atoms with Crippen molar-refractivity contribution < 1.29 is 14.3 Å². The molecule has 0 fully saturated rings. The molecule has 7 heteroatoms. The number of carbonyl (C=O) groups excluding carboxylic acids is 2. The molecule has 1 aliphatic rings. The Bertz CT molecular complexity index is 1040. The summed E-state index contributed by atoms with van der Waals surface area (Å²) in [5.74, 6) is 0.288. The number of ether oxygens (including phenoxy) is 1. The summed E-state index contributed by atoms with van der Waals surface area (Å²) in [6.45, 7) is 0.281. The van der Waals surface area contributed by atoms with Gasteiger partial charge in [0.05, 0.1) is 12.7 Å². The van der Waals surface area contributed by atoms with Crippen LogP contribution in [0.1, 0.15) is 27.7 Å². The van der Waals surface area contributed by atoms with Gasteiger partial charge in [-0.15, -0.1) is 0 Å². The molecule has 30 heavy (non-hydrogen) atoms. The summed E-state index contributed by atoms with van der Waals surface area (Å²) in [7, 11) is 1.60. The van der Waals surface area contributed by atoms with Gasteiger partial charge >= 0.3 is 0 Å². The van der Waals surface area contributed by atoms with Crippen LogP contribution in [0.25, 0.3) is 0 Å². The van der Waals surface area contributed by atoms with Crippen molar-refractivity contribution >= 4 is 17.5 Å². The van der Waals surface area contributed by atoms with Crippen LogP contribution in [0.3, 0.4) is 0 Å². The third kappa shape index (κ3) is 4.10. The SMILES string of the molecule is COc1ccc([C@@H]2Nc3ccccc3C(=O)N2CC(=O)NCc2cccnc2)cc1. The molecular formula is C23H22N4O3. The molecule has 2 N–H and O–H groups in total. The summed E-state index contributed by atoms with van der Waals surface area (Å²) in [4.78, 5) is 31.4. The Morgan fingerprint density at radius 3 is 2.67 bits per heavy atom. The highest BCUT2D eigenvalue weighted by molar-refractivity contribution is 6.03. The first-order valence-electron chi connectivity index (χ1n) is 9.62. The second kappa shape index (κ2) is 8.65. The largest absolute Gasteiger partial charge is 0.497 e.